The van der Waals surface area contributed by atoms with Crippen molar-refractivity contribution in [3.05, 3.63) is 59.7 Å². The van der Waals surface area contributed by atoms with Gasteiger partial charge < -0.3 is 19.7 Å². The lowest BCUT2D eigenvalue weighted by molar-refractivity contribution is -0.151. The lowest BCUT2D eigenvalue weighted by Crippen LogP contribution is -2.28. The van der Waals surface area contributed by atoms with Crippen molar-refractivity contribution in [2.75, 3.05) is 30.0 Å². The predicted octanol–water partition coefficient (Wildman–Crippen LogP) is 3.49. The van der Waals surface area contributed by atoms with Gasteiger partial charge in [0, 0.05) is 24.3 Å². The molecule has 2 aromatic rings. The molecule has 0 bridgehead atoms. The number of hydrogen-bond acceptors (Lipinski definition) is 6. The summed E-state index contributed by atoms with van der Waals surface area (Å²) in [6.45, 7) is 4.07. The van der Waals surface area contributed by atoms with Crippen LogP contribution >= 0.6 is 0 Å². The van der Waals surface area contributed by atoms with Crippen molar-refractivity contribution in [1.29, 1.82) is 0 Å². The van der Waals surface area contributed by atoms with Crippen molar-refractivity contribution in [3.63, 3.8) is 0 Å². The zero-order valence-electron chi connectivity index (χ0n) is 18.8. The number of anilines is 2. The molecule has 3 rings (SSSR count). The van der Waals surface area contributed by atoms with Gasteiger partial charge in [-0.1, -0.05) is 25.5 Å². The smallest absolute Gasteiger partial charge is 0.338 e. The van der Waals surface area contributed by atoms with Crippen LogP contribution in [-0.4, -0.2) is 43.5 Å². The van der Waals surface area contributed by atoms with Crippen LogP contribution in [0.15, 0.2) is 48.5 Å². The molecule has 0 spiro atoms. The Morgan fingerprint density at radius 3 is 2.55 bits per heavy atom. The number of nitrogens with zero attached hydrogens (tertiary/aromatic N) is 1. The van der Waals surface area contributed by atoms with Crippen LogP contribution in [0.3, 0.4) is 0 Å². The molecule has 1 N–H and O–H groups in total. The van der Waals surface area contributed by atoms with Gasteiger partial charge in [0.05, 0.1) is 18.1 Å². The molecular weight excluding hydrogens is 424 g/mol. The summed E-state index contributed by atoms with van der Waals surface area (Å²) in [6.07, 6.45) is 1.78. The first-order valence-electron chi connectivity index (χ1n) is 11.0. The van der Waals surface area contributed by atoms with Crippen LogP contribution in [-0.2, 0) is 23.9 Å². The predicted molar refractivity (Wildman–Crippen MR) is 123 cm³/mol. The van der Waals surface area contributed by atoms with E-state index in [1.807, 2.05) is 38.1 Å². The average Bonchev–Trinajstić information content (AvgIpc) is 3.20. The fourth-order valence-corrected chi connectivity index (χ4v) is 3.44. The lowest BCUT2D eigenvalue weighted by atomic mass is 10.1. The summed E-state index contributed by atoms with van der Waals surface area (Å²) >= 11 is 0. The van der Waals surface area contributed by atoms with Gasteiger partial charge in [-0.2, -0.15) is 0 Å². The molecule has 174 valence electrons. The zero-order valence-corrected chi connectivity index (χ0v) is 18.8. The number of rotatable bonds is 9. The standard InChI is InChI=1S/C25H28N2O6/c1-3-4-12-32-24(30)18-8-10-20(11-9-18)26-22(28)16-33-25(31)19-14-23(29)27(15-19)21-7-5-6-17(2)13-21/h5-11,13,19H,3-4,12,14-16H2,1-2H3,(H,26,28)/t19-/m0/s1. The van der Waals surface area contributed by atoms with E-state index in [-0.39, 0.29) is 18.9 Å². The second-order valence-electron chi connectivity index (χ2n) is 7.97. The quantitative estimate of drug-likeness (QED) is 0.462. The van der Waals surface area contributed by atoms with Gasteiger partial charge in [-0.25, -0.2) is 4.79 Å². The fourth-order valence-electron chi connectivity index (χ4n) is 3.44. The Balaban J connectivity index is 1.45. The molecule has 1 heterocycles. The van der Waals surface area contributed by atoms with E-state index in [9.17, 15) is 19.2 Å². The molecule has 2 aromatic carbocycles. The molecule has 0 aliphatic carbocycles. The van der Waals surface area contributed by atoms with Gasteiger partial charge in [-0.05, 0) is 55.3 Å². The minimum atomic E-state index is -0.621. The first-order chi connectivity index (χ1) is 15.9. The Labute approximate surface area is 192 Å². The number of nitrogens with one attached hydrogen (secondary N) is 1. The van der Waals surface area contributed by atoms with Crippen molar-refractivity contribution in [2.45, 2.75) is 33.1 Å². The average molecular weight is 453 g/mol. The van der Waals surface area contributed by atoms with Crippen molar-refractivity contribution >= 4 is 35.1 Å². The van der Waals surface area contributed by atoms with Gasteiger partial charge in [0.2, 0.25) is 5.91 Å². The molecule has 0 radical (unpaired) electrons. The van der Waals surface area contributed by atoms with E-state index in [0.717, 1.165) is 24.1 Å². The third-order valence-corrected chi connectivity index (χ3v) is 5.25. The van der Waals surface area contributed by atoms with E-state index in [4.69, 9.17) is 9.47 Å². The zero-order chi connectivity index (χ0) is 23.8. The van der Waals surface area contributed by atoms with Gasteiger partial charge in [-0.3, -0.25) is 14.4 Å². The van der Waals surface area contributed by atoms with Gasteiger partial charge in [-0.15, -0.1) is 0 Å². The summed E-state index contributed by atoms with van der Waals surface area (Å²) in [5.74, 6) is -2.29. The maximum atomic E-state index is 12.4. The van der Waals surface area contributed by atoms with Gasteiger partial charge in [0.1, 0.15) is 0 Å². The Kier molecular flexibility index (Phi) is 8.18. The molecule has 0 aromatic heterocycles. The van der Waals surface area contributed by atoms with Crippen molar-refractivity contribution < 1.29 is 28.7 Å². The Morgan fingerprint density at radius 1 is 1.09 bits per heavy atom. The third kappa shape index (κ3) is 6.65. The molecule has 1 saturated heterocycles. The van der Waals surface area contributed by atoms with E-state index in [1.54, 1.807) is 29.2 Å². The number of aryl methyl sites for hydroxylation is 1. The normalized spacial score (nSPS) is 15.3. The van der Waals surface area contributed by atoms with Gasteiger partial charge in [0.25, 0.3) is 5.91 Å². The highest BCUT2D eigenvalue weighted by molar-refractivity contribution is 6.00. The van der Waals surface area contributed by atoms with E-state index >= 15 is 0 Å². The van der Waals surface area contributed by atoms with Crippen LogP contribution in [0.5, 0.6) is 0 Å². The van der Waals surface area contributed by atoms with Crippen LogP contribution in [0, 0.1) is 12.8 Å². The van der Waals surface area contributed by atoms with Crippen LogP contribution < -0.4 is 10.2 Å². The summed E-state index contributed by atoms with van der Waals surface area (Å²) in [4.78, 5) is 50.4. The molecule has 8 heteroatoms. The highest BCUT2D eigenvalue weighted by Gasteiger charge is 2.36. The minimum Gasteiger partial charge on any atom is -0.462 e. The lowest BCUT2D eigenvalue weighted by Gasteiger charge is -2.17. The molecule has 33 heavy (non-hydrogen) atoms. The Hall–Kier alpha value is -3.68. The van der Waals surface area contributed by atoms with Crippen molar-refractivity contribution in [1.82, 2.24) is 0 Å². The third-order valence-electron chi connectivity index (χ3n) is 5.25. The maximum Gasteiger partial charge on any atom is 0.338 e. The van der Waals surface area contributed by atoms with Crippen molar-refractivity contribution in [2.24, 2.45) is 5.92 Å². The number of esters is 2. The topological polar surface area (TPSA) is 102 Å². The van der Waals surface area contributed by atoms with Gasteiger partial charge >= 0.3 is 11.9 Å². The summed E-state index contributed by atoms with van der Waals surface area (Å²) in [5, 5.41) is 2.61. The summed E-state index contributed by atoms with van der Waals surface area (Å²) < 4.78 is 10.3. The second kappa shape index (κ2) is 11.3. The summed E-state index contributed by atoms with van der Waals surface area (Å²) in [6, 6.07) is 13.8. The Bertz CT molecular complexity index is 1020. The first kappa shape index (κ1) is 24.0. The molecule has 0 saturated carbocycles. The molecular formula is C25H28N2O6. The number of carbonyl (C=O) groups excluding carboxylic acids is 4. The number of ether oxygens (including phenoxy) is 2. The molecule has 1 atom stereocenters. The largest absolute Gasteiger partial charge is 0.462 e. The van der Waals surface area contributed by atoms with E-state index in [2.05, 4.69) is 5.32 Å². The molecule has 8 nitrogen and oxygen atoms in total. The number of hydrogen-bond donors (Lipinski definition) is 1. The number of unbranched alkanes of at least 4 members (excludes halogenated alkanes) is 1. The first-order valence-corrected chi connectivity index (χ1v) is 11.0. The highest BCUT2D eigenvalue weighted by Crippen LogP contribution is 2.26. The van der Waals surface area contributed by atoms with E-state index in [0.29, 0.717) is 17.9 Å². The number of amides is 2. The number of carbonyl (C=O) groups is 4. The highest BCUT2D eigenvalue weighted by atomic mass is 16.5. The molecule has 1 fully saturated rings. The second-order valence-corrected chi connectivity index (χ2v) is 7.97. The maximum absolute atomic E-state index is 12.4. The van der Waals surface area contributed by atoms with Crippen LogP contribution in [0.2, 0.25) is 0 Å². The molecule has 2 amide bonds. The van der Waals surface area contributed by atoms with Crippen LogP contribution in [0.25, 0.3) is 0 Å². The van der Waals surface area contributed by atoms with Gasteiger partial charge in [0.15, 0.2) is 6.61 Å². The summed E-state index contributed by atoms with van der Waals surface area (Å²) in [7, 11) is 0. The number of benzene rings is 2. The minimum absolute atomic E-state index is 0.0458. The van der Waals surface area contributed by atoms with Crippen LogP contribution in [0.1, 0.15) is 42.1 Å². The Morgan fingerprint density at radius 2 is 1.85 bits per heavy atom. The summed E-state index contributed by atoms with van der Waals surface area (Å²) in [5.41, 5.74) is 2.61. The molecule has 1 aliphatic heterocycles. The van der Waals surface area contributed by atoms with Crippen molar-refractivity contribution in [3.8, 4) is 0 Å². The van der Waals surface area contributed by atoms with Crippen LogP contribution in [0.4, 0.5) is 11.4 Å². The molecule has 0 unspecified atom stereocenters. The monoisotopic (exact) mass is 452 g/mol. The SMILES string of the molecule is CCCCOC(=O)c1ccc(NC(=O)COC(=O)[C@H]2CC(=O)N(c3cccc(C)c3)C2)cc1. The van der Waals surface area contributed by atoms with E-state index in [1.165, 1.54) is 0 Å². The fraction of sp³-hybridized carbons (Fsp3) is 0.360. The molecule has 1 aliphatic rings. The van der Waals surface area contributed by atoms with E-state index < -0.39 is 30.4 Å².